The second-order valence-corrected chi connectivity index (χ2v) is 8.27. The normalized spacial score (nSPS) is 18.6. The van der Waals surface area contributed by atoms with Crippen LogP contribution >= 0.6 is 24.0 Å². The number of carbonyl (C=O) groups is 1. The van der Waals surface area contributed by atoms with Crippen molar-refractivity contribution in [1.82, 2.24) is 15.5 Å². The van der Waals surface area contributed by atoms with E-state index in [0.717, 1.165) is 51.0 Å². The number of benzene rings is 2. The summed E-state index contributed by atoms with van der Waals surface area (Å²) in [5.41, 5.74) is 4.63. The van der Waals surface area contributed by atoms with Crippen LogP contribution < -0.4 is 16.0 Å². The van der Waals surface area contributed by atoms with Gasteiger partial charge in [0.1, 0.15) is 0 Å². The van der Waals surface area contributed by atoms with Crippen LogP contribution in [0.4, 0.5) is 5.69 Å². The highest BCUT2D eigenvalue weighted by Crippen LogP contribution is 2.31. The van der Waals surface area contributed by atoms with E-state index in [1.807, 2.05) is 18.2 Å². The summed E-state index contributed by atoms with van der Waals surface area (Å²) in [6.45, 7) is 8.58. The Morgan fingerprint density at radius 3 is 2.61 bits per heavy atom. The SMILES string of the molecule is CCNC(=NCc1ccccc1CN1CCOCC1)NCC1CC(=O)Nc2ccccc21.I. The van der Waals surface area contributed by atoms with Gasteiger partial charge in [-0.05, 0) is 29.7 Å². The van der Waals surface area contributed by atoms with Crippen molar-refractivity contribution < 1.29 is 9.53 Å². The van der Waals surface area contributed by atoms with Crippen molar-refractivity contribution in [1.29, 1.82) is 0 Å². The lowest BCUT2D eigenvalue weighted by atomic mass is 9.90. The number of aliphatic imine (C=N–C) groups is 1. The highest BCUT2D eigenvalue weighted by Gasteiger charge is 2.24. The van der Waals surface area contributed by atoms with Crippen molar-refractivity contribution in [2.24, 2.45) is 4.99 Å². The van der Waals surface area contributed by atoms with Crippen LogP contribution in [0.1, 0.15) is 36.0 Å². The number of halogens is 1. The van der Waals surface area contributed by atoms with E-state index < -0.39 is 0 Å². The lowest BCUT2D eigenvalue weighted by molar-refractivity contribution is -0.116. The van der Waals surface area contributed by atoms with E-state index in [9.17, 15) is 4.79 Å². The van der Waals surface area contributed by atoms with Crippen molar-refractivity contribution in [3.8, 4) is 0 Å². The topological polar surface area (TPSA) is 78.0 Å². The van der Waals surface area contributed by atoms with Gasteiger partial charge in [-0.15, -0.1) is 24.0 Å². The molecule has 33 heavy (non-hydrogen) atoms. The monoisotopic (exact) mass is 563 g/mol. The minimum Gasteiger partial charge on any atom is -0.379 e. The molecule has 0 aliphatic carbocycles. The number of para-hydroxylation sites is 1. The third-order valence-electron chi connectivity index (χ3n) is 5.99. The first-order valence-electron chi connectivity index (χ1n) is 11.5. The molecule has 3 N–H and O–H groups in total. The van der Waals surface area contributed by atoms with Crippen molar-refractivity contribution in [3.63, 3.8) is 0 Å². The summed E-state index contributed by atoms with van der Waals surface area (Å²) in [6, 6.07) is 16.5. The molecule has 1 amide bonds. The van der Waals surface area contributed by atoms with Crippen LogP contribution in [0.25, 0.3) is 0 Å². The molecule has 0 aromatic heterocycles. The smallest absolute Gasteiger partial charge is 0.225 e. The van der Waals surface area contributed by atoms with E-state index in [0.29, 0.717) is 19.5 Å². The van der Waals surface area contributed by atoms with Gasteiger partial charge in [0.05, 0.1) is 19.8 Å². The molecular weight excluding hydrogens is 529 g/mol. The Labute approximate surface area is 213 Å². The van der Waals surface area contributed by atoms with Crippen LogP contribution in [-0.2, 0) is 22.6 Å². The summed E-state index contributed by atoms with van der Waals surface area (Å²) in [7, 11) is 0. The molecule has 1 saturated heterocycles. The van der Waals surface area contributed by atoms with Crippen molar-refractivity contribution in [2.75, 3.05) is 44.7 Å². The fourth-order valence-corrected chi connectivity index (χ4v) is 4.28. The molecule has 0 bridgehead atoms. The Bertz CT molecular complexity index is 946. The Morgan fingerprint density at radius 1 is 1.09 bits per heavy atom. The van der Waals surface area contributed by atoms with Gasteiger partial charge in [0, 0.05) is 50.7 Å². The van der Waals surface area contributed by atoms with Crippen LogP contribution in [0.3, 0.4) is 0 Å². The number of carbonyl (C=O) groups excluding carboxylic acids is 1. The number of nitrogens with zero attached hydrogens (tertiary/aromatic N) is 2. The van der Waals surface area contributed by atoms with Crippen LogP contribution in [0, 0.1) is 0 Å². The zero-order valence-corrected chi connectivity index (χ0v) is 21.5. The largest absolute Gasteiger partial charge is 0.379 e. The number of rotatable bonds is 7. The number of fused-ring (bicyclic) bond motifs is 1. The second kappa shape index (κ2) is 12.9. The molecule has 7 nitrogen and oxygen atoms in total. The Hall–Kier alpha value is -2.17. The van der Waals surface area contributed by atoms with Crippen molar-refractivity contribution >= 4 is 41.5 Å². The fourth-order valence-electron chi connectivity index (χ4n) is 4.28. The van der Waals surface area contributed by atoms with Gasteiger partial charge in [-0.2, -0.15) is 0 Å². The van der Waals surface area contributed by atoms with E-state index in [4.69, 9.17) is 9.73 Å². The molecule has 2 aliphatic heterocycles. The fraction of sp³-hybridized carbons (Fsp3) is 0.440. The van der Waals surface area contributed by atoms with Gasteiger partial charge in [-0.1, -0.05) is 42.5 Å². The molecule has 1 atom stereocenters. The molecule has 2 aromatic carbocycles. The number of guanidine groups is 1. The number of morpholine rings is 1. The molecule has 0 saturated carbocycles. The van der Waals surface area contributed by atoms with Crippen LogP contribution in [0.5, 0.6) is 0 Å². The molecule has 1 fully saturated rings. The average Bonchev–Trinajstić information content (AvgIpc) is 2.82. The van der Waals surface area contributed by atoms with Crippen molar-refractivity contribution in [2.45, 2.75) is 32.4 Å². The minimum atomic E-state index is 0. The predicted molar refractivity (Wildman–Crippen MR) is 143 cm³/mol. The summed E-state index contributed by atoms with van der Waals surface area (Å²) in [4.78, 5) is 19.4. The summed E-state index contributed by atoms with van der Waals surface area (Å²) < 4.78 is 5.47. The molecular formula is C25H34IN5O2. The third-order valence-corrected chi connectivity index (χ3v) is 5.99. The number of nitrogens with one attached hydrogen (secondary N) is 3. The van der Waals surface area contributed by atoms with Gasteiger partial charge in [0.25, 0.3) is 0 Å². The Morgan fingerprint density at radius 2 is 1.82 bits per heavy atom. The first kappa shape index (κ1) is 25.5. The number of amides is 1. The minimum absolute atomic E-state index is 0. The number of ether oxygens (including phenoxy) is 1. The number of hydrogen-bond acceptors (Lipinski definition) is 4. The van der Waals surface area contributed by atoms with E-state index in [-0.39, 0.29) is 35.8 Å². The standard InChI is InChI=1S/C25H33N5O2.HI/c1-2-26-25(28-17-21-15-24(31)29-23-10-6-5-9-22(21)23)27-16-19-7-3-4-8-20(19)18-30-11-13-32-14-12-30;/h3-10,21H,2,11-18H2,1H3,(H,29,31)(H2,26,27,28);1H. The molecule has 0 radical (unpaired) electrons. The first-order chi connectivity index (χ1) is 15.7. The molecule has 0 spiro atoms. The summed E-state index contributed by atoms with van der Waals surface area (Å²) in [6.07, 6.45) is 0.478. The van der Waals surface area contributed by atoms with E-state index >= 15 is 0 Å². The zero-order valence-electron chi connectivity index (χ0n) is 19.2. The lowest BCUT2D eigenvalue weighted by Gasteiger charge is -2.27. The van der Waals surface area contributed by atoms with E-state index in [1.54, 1.807) is 0 Å². The molecule has 2 aromatic rings. The maximum Gasteiger partial charge on any atom is 0.225 e. The van der Waals surface area contributed by atoms with Gasteiger partial charge in [0.2, 0.25) is 5.91 Å². The first-order valence-corrected chi connectivity index (χ1v) is 11.5. The molecule has 2 aliphatic rings. The average molecular weight is 563 g/mol. The molecule has 1 unspecified atom stereocenters. The van der Waals surface area contributed by atoms with E-state index in [1.165, 1.54) is 16.7 Å². The second-order valence-electron chi connectivity index (χ2n) is 8.27. The molecule has 8 heteroatoms. The number of hydrogen-bond donors (Lipinski definition) is 3. The lowest BCUT2D eigenvalue weighted by Crippen LogP contribution is -2.40. The third kappa shape index (κ3) is 7.15. The van der Waals surface area contributed by atoms with Gasteiger partial charge in [-0.3, -0.25) is 9.69 Å². The highest BCUT2D eigenvalue weighted by atomic mass is 127. The highest BCUT2D eigenvalue weighted by molar-refractivity contribution is 14.0. The summed E-state index contributed by atoms with van der Waals surface area (Å²) >= 11 is 0. The molecule has 2 heterocycles. The predicted octanol–water partition coefficient (Wildman–Crippen LogP) is 3.32. The van der Waals surface area contributed by atoms with Crippen molar-refractivity contribution in [3.05, 3.63) is 65.2 Å². The quantitative estimate of drug-likeness (QED) is 0.274. The summed E-state index contributed by atoms with van der Waals surface area (Å²) in [5, 5.41) is 9.76. The summed E-state index contributed by atoms with van der Waals surface area (Å²) in [5.74, 6) is 0.962. The van der Waals surface area contributed by atoms with E-state index in [2.05, 4.69) is 58.1 Å². The molecule has 178 valence electrons. The molecule has 4 rings (SSSR count). The maximum atomic E-state index is 12.1. The Kier molecular flexibility index (Phi) is 9.95. The van der Waals surface area contributed by atoms with Crippen LogP contribution in [0.15, 0.2) is 53.5 Å². The van der Waals surface area contributed by atoms with Gasteiger partial charge in [0.15, 0.2) is 5.96 Å². The zero-order chi connectivity index (χ0) is 22.2. The maximum absolute atomic E-state index is 12.1. The van der Waals surface area contributed by atoms with Crippen LogP contribution in [-0.4, -0.2) is 56.2 Å². The van der Waals surface area contributed by atoms with Gasteiger partial charge < -0.3 is 20.7 Å². The van der Waals surface area contributed by atoms with Gasteiger partial charge in [-0.25, -0.2) is 4.99 Å². The van der Waals surface area contributed by atoms with Gasteiger partial charge >= 0.3 is 0 Å². The number of anilines is 1. The Balaban J connectivity index is 0.00000306. The van der Waals surface area contributed by atoms with Crippen LogP contribution in [0.2, 0.25) is 0 Å².